The van der Waals surface area contributed by atoms with E-state index in [1.807, 2.05) is 49.1 Å². The third kappa shape index (κ3) is 11.3. The van der Waals surface area contributed by atoms with Crippen LogP contribution in [-0.4, -0.2) is 102 Å². The van der Waals surface area contributed by atoms with Gasteiger partial charge >= 0.3 is 6.09 Å². The number of carbonyl (C=O) groups is 6. The maximum Gasteiger partial charge on any atom is 0.408 e. The maximum atomic E-state index is 13.1. The fraction of sp³-hybridized carbons (Fsp3) is 0.636. The number of amides is 6. The van der Waals surface area contributed by atoms with E-state index in [1.54, 1.807) is 32.6 Å². The summed E-state index contributed by atoms with van der Waals surface area (Å²) in [7, 11) is 0. The van der Waals surface area contributed by atoms with Crippen molar-refractivity contribution in [2.45, 2.75) is 84.9 Å². The molecule has 2 saturated heterocycles. The molecule has 1 aromatic carbocycles. The molecule has 2 fully saturated rings. The zero-order valence-electron chi connectivity index (χ0n) is 27.9. The molecular formula is C33H50N6O7. The van der Waals surface area contributed by atoms with Crippen LogP contribution in [0.15, 0.2) is 30.3 Å². The largest absolute Gasteiger partial charge is 0.444 e. The maximum absolute atomic E-state index is 13.1. The molecule has 2 aliphatic heterocycles. The number of hydrogen-bond donors (Lipinski definition) is 4. The first kappa shape index (κ1) is 36.3. The molecule has 0 radical (unpaired) electrons. The van der Waals surface area contributed by atoms with Crippen LogP contribution in [0.4, 0.5) is 4.79 Å². The van der Waals surface area contributed by atoms with Gasteiger partial charge in [0.05, 0.1) is 13.1 Å². The van der Waals surface area contributed by atoms with Crippen molar-refractivity contribution in [2.24, 2.45) is 11.3 Å². The van der Waals surface area contributed by atoms with Crippen molar-refractivity contribution >= 4 is 35.6 Å². The lowest BCUT2D eigenvalue weighted by molar-refractivity contribution is -0.148. The molecule has 0 bridgehead atoms. The van der Waals surface area contributed by atoms with Gasteiger partial charge in [-0.3, -0.25) is 24.0 Å². The molecule has 4 N–H and O–H groups in total. The zero-order chi connectivity index (χ0) is 34.1. The van der Waals surface area contributed by atoms with Gasteiger partial charge in [-0.15, -0.1) is 0 Å². The molecule has 2 unspecified atom stereocenters. The van der Waals surface area contributed by atoms with Gasteiger partial charge in [0.25, 0.3) is 0 Å². The van der Waals surface area contributed by atoms with Crippen LogP contribution in [0.5, 0.6) is 0 Å². The minimum absolute atomic E-state index is 0.0601. The average molecular weight is 643 g/mol. The highest BCUT2D eigenvalue weighted by Crippen LogP contribution is 2.40. The molecule has 1 spiro atoms. The fourth-order valence-corrected chi connectivity index (χ4v) is 5.68. The van der Waals surface area contributed by atoms with Gasteiger partial charge in [-0.25, -0.2) is 4.79 Å². The van der Waals surface area contributed by atoms with Crippen molar-refractivity contribution in [2.75, 3.05) is 39.3 Å². The third-order valence-electron chi connectivity index (χ3n) is 8.16. The van der Waals surface area contributed by atoms with E-state index in [-0.39, 0.29) is 36.1 Å². The number of alkyl carbamates (subject to hydrolysis) is 1. The van der Waals surface area contributed by atoms with Crippen molar-refractivity contribution in [3.63, 3.8) is 0 Å². The van der Waals surface area contributed by atoms with Crippen LogP contribution in [-0.2, 0) is 35.1 Å². The van der Waals surface area contributed by atoms with Crippen LogP contribution in [0.1, 0.15) is 66.4 Å². The predicted molar refractivity (Wildman–Crippen MR) is 171 cm³/mol. The number of piperidine rings is 1. The Bertz CT molecular complexity index is 1250. The van der Waals surface area contributed by atoms with Crippen LogP contribution in [0.3, 0.4) is 0 Å². The molecule has 2 aliphatic rings. The Morgan fingerprint density at radius 3 is 2.00 bits per heavy atom. The van der Waals surface area contributed by atoms with Gasteiger partial charge in [-0.05, 0) is 51.5 Å². The van der Waals surface area contributed by atoms with Gasteiger partial charge < -0.3 is 35.8 Å². The Hall–Kier alpha value is -4.16. The zero-order valence-corrected chi connectivity index (χ0v) is 27.9. The molecule has 1 aromatic rings. The van der Waals surface area contributed by atoms with E-state index in [1.165, 1.54) is 0 Å². The van der Waals surface area contributed by atoms with Gasteiger partial charge in [0, 0.05) is 44.9 Å². The number of likely N-dealkylation sites (tertiary alicyclic amines) is 2. The first-order valence-corrected chi connectivity index (χ1v) is 16.0. The molecule has 0 aliphatic carbocycles. The second-order valence-corrected chi connectivity index (χ2v) is 13.8. The van der Waals surface area contributed by atoms with Crippen LogP contribution in [0.25, 0.3) is 0 Å². The van der Waals surface area contributed by atoms with Crippen molar-refractivity contribution < 1.29 is 33.5 Å². The second-order valence-electron chi connectivity index (χ2n) is 13.8. The normalized spacial score (nSPS) is 16.9. The third-order valence-corrected chi connectivity index (χ3v) is 8.16. The summed E-state index contributed by atoms with van der Waals surface area (Å²) in [6.45, 7) is 12.5. The van der Waals surface area contributed by atoms with E-state index in [0.29, 0.717) is 19.5 Å². The molecule has 2 heterocycles. The minimum Gasteiger partial charge on any atom is -0.444 e. The molecule has 2 atom stereocenters. The first-order valence-electron chi connectivity index (χ1n) is 16.0. The minimum atomic E-state index is -1.01. The van der Waals surface area contributed by atoms with Gasteiger partial charge in [-0.1, -0.05) is 44.2 Å². The summed E-state index contributed by atoms with van der Waals surface area (Å²) in [5.74, 6) is -1.73. The SMILES string of the molecule is CC(=O)N1CC2(CCN(C(=O)CNC(=O)C(CC(C)C)NC(=O)CNC(=O)C(Cc3ccccc3)NC(=O)OC(C)(C)C)CC2)C1. The Labute approximate surface area is 271 Å². The number of hydrogen-bond acceptors (Lipinski definition) is 7. The monoisotopic (exact) mass is 642 g/mol. The van der Waals surface area contributed by atoms with E-state index in [4.69, 9.17) is 4.74 Å². The molecule has 13 nitrogen and oxygen atoms in total. The summed E-state index contributed by atoms with van der Waals surface area (Å²) >= 11 is 0. The number of ether oxygens (including phenoxy) is 1. The summed E-state index contributed by atoms with van der Waals surface area (Å²) in [4.78, 5) is 79.4. The molecule has 6 amide bonds. The van der Waals surface area contributed by atoms with Crippen molar-refractivity contribution in [3.8, 4) is 0 Å². The van der Waals surface area contributed by atoms with E-state index >= 15 is 0 Å². The molecule has 13 heteroatoms. The Balaban J connectivity index is 1.50. The molecule has 0 saturated carbocycles. The summed E-state index contributed by atoms with van der Waals surface area (Å²) in [5, 5.41) is 10.5. The van der Waals surface area contributed by atoms with Crippen LogP contribution < -0.4 is 21.3 Å². The first-order chi connectivity index (χ1) is 21.6. The number of benzene rings is 1. The topological polar surface area (TPSA) is 166 Å². The Kier molecular flexibility index (Phi) is 12.6. The molecule has 0 aromatic heterocycles. The number of nitrogens with one attached hydrogen (secondary N) is 4. The molecule has 3 rings (SSSR count). The number of nitrogens with zero attached hydrogens (tertiary/aromatic N) is 2. The predicted octanol–water partition coefficient (Wildman–Crippen LogP) is 1.36. The highest BCUT2D eigenvalue weighted by Gasteiger charge is 2.46. The lowest BCUT2D eigenvalue weighted by Crippen LogP contribution is -2.62. The number of carbonyl (C=O) groups excluding carboxylic acids is 6. The van der Waals surface area contributed by atoms with Crippen molar-refractivity contribution in [1.82, 2.24) is 31.1 Å². The quantitative estimate of drug-likeness (QED) is 0.267. The lowest BCUT2D eigenvalue weighted by Gasteiger charge is -2.53. The summed E-state index contributed by atoms with van der Waals surface area (Å²) in [6, 6.07) is 7.21. The van der Waals surface area contributed by atoms with Crippen molar-refractivity contribution in [3.05, 3.63) is 35.9 Å². The second kappa shape index (κ2) is 15.9. The highest BCUT2D eigenvalue weighted by atomic mass is 16.6. The van der Waals surface area contributed by atoms with E-state index in [0.717, 1.165) is 31.5 Å². The lowest BCUT2D eigenvalue weighted by atomic mass is 9.72. The Morgan fingerprint density at radius 2 is 1.43 bits per heavy atom. The summed E-state index contributed by atoms with van der Waals surface area (Å²) < 4.78 is 5.31. The van der Waals surface area contributed by atoms with Gasteiger partial charge in [0.2, 0.25) is 29.5 Å². The van der Waals surface area contributed by atoms with Crippen molar-refractivity contribution in [1.29, 1.82) is 0 Å². The molecule has 46 heavy (non-hydrogen) atoms. The van der Waals surface area contributed by atoms with Crippen LogP contribution in [0, 0.1) is 11.3 Å². The summed E-state index contributed by atoms with van der Waals surface area (Å²) in [6.07, 6.45) is 1.37. The van der Waals surface area contributed by atoms with E-state index in [9.17, 15) is 28.8 Å². The van der Waals surface area contributed by atoms with Gasteiger partial charge in [0.15, 0.2) is 0 Å². The van der Waals surface area contributed by atoms with Crippen LogP contribution in [0.2, 0.25) is 0 Å². The van der Waals surface area contributed by atoms with E-state index in [2.05, 4.69) is 21.3 Å². The molecular weight excluding hydrogens is 592 g/mol. The Morgan fingerprint density at radius 1 is 0.848 bits per heavy atom. The van der Waals surface area contributed by atoms with Crippen LogP contribution >= 0.6 is 0 Å². The fourth-order valence-electron chi connectivity index (χ4n) is 5.68. The molecule has 254 valence electrons. The van der Waals surface area contributed by atoms with E-state index < -0.39 is 48.0 Å². The van der Waals surface area contributed by atoms with Gasteiger partial charge in [0.1, 0.15) is 17.7 Å². The summed E-state index contributed by atoms with van der Waals surface area (Å²) in [5.41, 5.74) is 0.125. The smallest absolute Gasteiger partial charge is 0.408 e. The highest BCUT2D eigenvalue weighted by molar-refractivity contribution is 5.93. The standard InChI is InChI=1S/C33H50N6O7/c1-22(2)16-25(29(43)35-19-28(42)38-14-12-33(13-15-38)20-39(21-33)23(3)40)36-27(41)18-34-30(44)26(17-24-10-8-7-9-11-24)37-31(45)46-32(4,5)6/h7-11,22,25-26H,12-21H2,1-6H3,(H,34,44)(H,35,43)(H,36,41)(H,37,45). The van der Waals surface area contributed by atoms with Gasteiger partial charge in [-0.2, -0.15) is 0 Å². The average Bonchev–Trinajstić information content (AvgIpc) is 2.95. The number of rotatable bonds is 12.